The number of amides is 1. The molecule has 140 valence electrons. The van der Waals surface area contributed by atoms with Crippen molar-refractivity contribution in [2.45, 2.75) is 18.1 Å². The lowest BCUT2D eigenvalue weighted by atomic mass is 10.2. The molecule has 1 heterocycles. The van der Waals surface area contributed by atoms with E-state index in [4.69, 9.17) is 0 Å². The first kappa shape index (κ1) is 20.1. The van der Waals surface area contributed by atoms with Gasteiger partial charge in [-0.3, -0.25) is 4.79 Å². The number of methoxy groups -OCH3 is 1. The summed E-state index contributed by atoms with van der Waals surface area (Å²) in [6, 6.07) is 9.63. The number of hydrogen-bond donors (Lipinski definition) is 1. The van der Waals surface area contributed by atoms with E-state index in [1.807, 2.05) is 6.92 Å². The molecule has 9 heteroatoms. The van der Waals surface area contributed by atoms with Crippen molar-refractivity contribution in [2.75, 3.05) is 25.1 Å². The normalized spacial score (nSPS) is 11.2. The lowest BCUT2D eigenvalue weighted by Crippen LogP contribution is -2.37. The standard InChI is InChI=1S/C17H20N2O5S2/c1-12-4-9-16(25-12)26(22,23)18-10-11-19(13(2)20)15-7-5-14(6-8-15)17(21)24-3/h4-9,18H,10-11H2,1-3H3. The highest BCUT2D eigenvalue weighted by molar-refractivity contribution is 7.91. The van der Waals surface area contributed by atoms with Gasteiger partial charge in [0, 0.05) is 30.6 Å². The molecule has 1 aromatic heterocycles. The summed E-state index contributed by atoms with van der Waals surface area (Å²) >= 11 is 1.19. The van der Waals surface area contributed by atoms with Crippen molar-refractivity contribution < 1.29 is 22.7 Å². The third-order valence-electron chi connectivity index (χ3n) is 3.59. The van der Waals surface area contributed by atoms with E-state index >= 15 is 0 Å². The van der Waals surface area contributed by atoms with Gasteiger partial charge >= 0.3 is 5.97 Å². The number of anilines is 1. The SMILES string of the molecule is COC(=O)c1ccc(N(CCNS(=O)(=O)c2ccc(C)s2)C(C)=O)cc1. The Morgan fingerprint density at radius 1 is 1.15 bits per heavy atom. The summed E-state index contributed by atoms with van der Waals surface area (Å²) in [5, 5.41) is 0. The van der Waals surface area contributed by atoms with Crippen molar-refractivity contribution in [1.29, 1.82) is 0 Å². The minimum absolute atomic E-state index is 0.0671. The van der Waals surface area contributed by atoms with Crippen molar-refractivity contribution in [1.82, 2.24) is 4.72 Å². The van der Waals surface area contributed by atoms with Crippen LogP contribution >= 0.6 is 11.3 Å². The number of nitrogens with one attached hydrogen (secondary N) is 1. The van der Waals surface area contributed by atoms with E-state index in [9.17, 15) is 18.0 Å². The fraction of sp³-hybridized carbons (Fsp3) is 0.294. The average molecular weight is 396 g/mol. The maximum absolute atomic E-state index is 12.2. The first-order valence-electron chi connectivity index (χ1n) is 7.77. The number of sulfonamides is 1. The number of hydrogen-bond acceptors (Lipinski definition) is 6. The van der Waals surface area contributed by atoms with Crippen molar-refractivity contribution in [3.8, 4) is 0 Å². The van der Waals surface area contributed by atoms with E-state index in [2.05, 4.69) is 9.46 Å². The first-order valence-corrected chi connectivity index (χ1v) is 10.1. The molecular formula is C17H20N2O5S2. The van der Waals surface area contributed by atoms with E-state index in [1.165, 1.54) is 30.3 Å². The third kappa shape index (κ3) is 4.90. The molecule has 0 atom stereocenters. The predicted molar refractivity (Wildman–Crippen MR) is 100 cm³/mol. The zero-order valence-electron chi connectivity index (χ0n) is 14.7. The molecule has 2 rings (SSSR count). The topological polar surface area (TPSA) is 92.8 Å². The number of aryl methyl sites for hydroxylation is 1. The van der Waals surface area contributed by atoms with Crippen LogP contribution in [0.5, 0.6) is 0 Å². The van der Waals surface area contributed by atoms with Gasteiger partial charge in [-0.1, -0.05) is 0 Å². The van der Waals surface area contributed by atoms with E-state index in [1.54, 1.807) is 36.4 Å². The van der Waals surface area contributed by atoms with Gasteiger partial charge in [0.2, 0.25) is 15.9 Å². The van der Waals surface area contributed by atoms with Crippen LogP contribution < -0.4 is 9.62 Å². The molecule has 1 N–H and O–H groups in total. The minimum Gasteiger partial charge on any atom is -0.465 e. The molecule has 0 saturated heterocycles. The summed E-state index contributed by atoms with van der Waals surface area (Å²) < 4.78 is 31.8. The van der Waals surface area contributed by atoms with Gasteiger partial charge in [-0.05, 0) is 43.3 Å². The molecule has 1 aromatic carbocycles. The quantitative estimate of drug-likeness (QED) is 0.724. The van der Waals surface area contributed by atoms with E-state index < -0.39 is 16.0 Å². The van der Waals surface area contributed by atoms with Crippen LogP contribution in [-0.2, 0) is 19.6 Å². The maximum atomic E-state index is 12.2. The molecule has 0 aliphatic rings. The Morgan fingerprint density at radius 3 is 2.31 bits per heavy atom. The van der Waals surface area contributed by atoms with Crippen molar-refractivity contribution in [2.24, 2.45) is 0 Å². The van der Waals surface area contributed by atoms with Gasteiger partial charge in [-0.25, -0.2) is 17.9 Å². The summed E-state index contributed by atoms with van der Waals surface area (Å²) in [6.07, 6.45) is 0. The number of ether oxygens (including phenoxy) is 1. The van der Waals surface area contributed by atoms with Crippen LogP contribution in [0.1, 0.15) is 22.2 Å². The Hall–Kier alpha value is -2.23. The largest absolute Gasteiger partial charge is 0.465 e. The van der Waals surface area contributed by atoms with Crippen molar-refractivity contribution in [3.05, 3.63) is 46.8 Å². The maximum Gasteiger partial charge on any atom is 0.337 e. The van der Waals surface area contributed by atoms with E-state index in [0.29, 0.717) is 11.3 Å². The van der Waals surface area contributed by atoms with Crippen LogP contribution in [0.3, 0.4) is 0 Å². The molecule has 26 heavy (non-hydrogen) atoms. The zero-order valence-corrected chi connectivity index (χ0v) is 16.3. The van der Waals surface area contributed by atoms with Crippen LogP contribution in [0, 0.1) is 6.92 Å². The van der Waals surface area contributed by atoms with Crippen molar-refractivity contribution in [3.63, 3.8) is 0 Å². The summed E-state index contributed by atoms with van der Waals surface area (Å²) in [6.45, 7) is 3.46. The van der Waals surface area contributed by atoms with E-state index in [0.717, 1.165) is 4.88 Å². The molecular weight excluding hydrogens is 376 g/mol. The second-order valence-electron chi connectivity index (χ2n) is 5.47. The van der Waals surface area contributed by atoms with Crippen LogP contribution in [-0.4, -0.2) is 40.5 Å². The Labute approximate surface area is 156 Å². The molecule has 0 radical (unpaired) electrons. The average Bonchev–Trinajstić information content (AvgIpc) is 3.05. The van der Waals surface area contributed by atoms with Gasteiger partial charge in [0.05, 0.1) is 12.7 Å². The summed E-state index contributed by atoms with van der Waals surface area (Å²) in [5.41, 5.74) is 0.935. The molecule has 1 amide bonds. The van der Waals surface area contributed by atoms with Gasteiger partial charge in [0.25, 0.3) is 0 Å². The summed E-state index contributed by atoms with van der Waals surface area (Å²) in [4.78, 5) is 25.7. The highest BCUT2D eigenvalue weighted by atomic mass is 32.2. The number of rotatable bonds is 7. The Kier molecular flexibility index (Phi) is 6.52. The lowest BCUT2D eigenvalue weighted by Gasteiger charge is -2.21. The van der Waals surface area contributed by atoms with Gasteiger partial charge in [0.15, 0.2) is 0 Å². The smallest absolute Gasteiger partial charge is 0.337 e. The number of esters is 1. The monoisotopic (exact) mass is 396 g/mol. The second-order valence-corrected chi connectivity index (χ2v) is 8.75. The molecule has 0 saturated carbocycles. The lowest BCUT2D eigenvalue weighted by molar-refractivity contribution is -0.116. The first-order chi connectivity index (χ1) is 12.2. The fourth-order valence-electron chi connectivity index (χ4n) is 2.28. The van der Waals surface area contributed by atoms with E-state index in [-0.39, 0.29) is 23.2 Å². The van der Waals surface area contributed by atoms with Crippen LogP contribution in [0.4, 0.5) is 5.69 Å². The molecule has 0 unspecified atom stereocenters. The zero-order chi connectivity index (χ0) is 19.3. The predicted octanol–water partition coefficient (Wildman–Crippen LogP) is 2.17. The number of carbonyl (C=O) groups excluding carboxylic acids is 2. The van der Waals surface area contributed by atoms with Gasteiger partial charge in [0.1, 0.15) is 4.21 Å². The molecule has 0 spiro atoms. The highest BCUT2D eigenvalue weighted by Crippen LogP contribution is 2.20. The number of carbonyl (C=O) groups is 2. The number of thiophene rings is 1. The van der Waals surface area contributed by atoms with Crippen LogP contribution in [0.25, 0.3) is 0 Å². The van der Waals surface area contributed by atoms with Crippen molar-refractivity contribution >= 4 is 38.9 Å². The van der Waals surface area contributed by atoms with Crippen LogP contribution in [0.15, 0.2) is 40.6 Å². The van der Waals surface area contributed by atoms with Crippen LogP contribution in [0.2, 0.25) is 0 Å². The summed E-state index contributed by atoms with van der Waals surface area (Å²) in [7, 11) is -2.30. The molecule has 0 fully saturated rings. The summed E-state index contributed by atoms with van der Waals surface area (Å²) in [5.74, 6) is -0.702. The second kappa shape index (κ2) is 8.43. The molecule has 7 nitrogen and oxygen atoms in total. The Morgan fingerprint density at radius 2 is 1.81 bits per heavy atom. The molecule has 0 aliphatic heterocycles. The number of nitrogens with zero attached hydrogens (tertiary/aromatic N) is 1. The van der Waals surface area contributed by atoms with Gasteiger partial charge in [-0.15, -0.1) is 11.3 Å². The fourth-order valence-corrected chi connectivity index (χ4v) is 4.63. The molecule has 2 aromatic rings. The van der Waals surface area contributed by atoms with Gasteiger partial charge < -0.3 is 9.64 Å². The Bertz CT molecular complexity index is 888. The van der Waals surface area contributed by atoms with Gasteiger partial charge in [-0.2, -0.15) is 0 Å². The Balaban J connectivity index is 2.05. The molecule has 0 bridgehead atoms. The molecule has 0 aliphatic carbocycles. The third-order valence-corrected chi connectivity index (χ3v) is 6.54. The highest BCUT2D eigenvalue weighted by Gasteiger charge is 2.18. The number of benzene rings is 1. The minimum atomic E-state index is -3.59.